The van der Waals surface area contributed by atoms with Crippen molar-refractivity contribution >= 4 is 39.9 Å². The lowest BCUT2D eigenvalue weighted by atomic mass is 9.72. The number of carbonyl (C=O) groups is 1. The number of carbonyl (C=O) groups excluding carboxylic acids is 1. The third kappa shape index (κ3) is 3.04. The number of amides is 1. The number of aliphatic hydroxyl groups is 1. The minimum Gasteiger partial charge on any atom is -0.392 e. The molecule has 0 bridgehead atoms. The number of thiazole rings is 1. The normalized spacial score (nSPS) is 27.2. The number of hydrogen-bond acceptors (Lipinski definition) is 5. The molecular weight excluding hydrogens is 346 g/mol. The molecule has 0 radical (unpaired) electrons. The first-order valence-corrected chi connectivity index (χ1v) is 9.07. The third-order valence-corrected chi connectivity index (χ3v) is 6.04. The highest BCUT2D eigenvalue weighted by Crippen LogP contribution is 2.36. The Bertz CT molecular complexity index is 733. The summed E-state index contributed by atoms with van der Waals surface area (Å²) in [6.07, 6.45) is 2.39. The fourth-order valence-corrected chi connectivity index (χ4v) is 4.64. The number of aromatic nitrogens is 1. The molecule has 3 heterocycles. The maximum absolute atomic E-state index is 12.9. The van der Waals surface area contributed by atoms with Crippen molar-refractivity contribution in [3.63, 3.8) is 0 Å². The summed E-state index contributed by atoms with van der Waals surface area (Å²) in [5, 5.41) is 13.9. The second-order valence-corrected chi connectivity index (χ2v) is 7.60. The lowest BCUT2D eigenvalue weighted by Gasteiger charge is -2.48. The van der Waals surface area contributed by atoms with Gasteiger partial charge in [0.1, 0.15) is 0 Å². The van der Waals surface area contributed by atoms with Gasteiger partial charge in [-0.25, -0.2) is 4.98 Å². The van der Waals surface area contributed by atoms with Crippen LogP contribution in [0, 0.1) is 5.41 Å². The van der Waals surface area contributed by atoms with E-state index in [4.69, 9.17) is 0 Å². The van der Waals surface area contributed by atoms with Gasteiger partial charge in [0, 0.05) is 30.6 Å². The Morgan fingerprint density at radius 3 is 3.17 bits per heavy atom. The van der Waals surface area contributed by atoms with E-state index in [2.05, 4.69) is 10.3 Å². The molecule has 2 fully saturated rings. The van der Waals surface area contributed by atoms with Crippen LogP contribution in [0.5, 0.6) is 0 Å². The molecule has 2 aliphatic heterocycles. The van der Waals surface area contributed by atoms with Crippen LogP contribution in [-0.2, 0) is 0 Å². The lowest BCUT2D eigenvalue weighted by molar-refractivity contribution is -0.0433. The number of nitrogens with zero attached hydrogens (tertiary/aromatic N) is 2. The molecule has 130 valence electrons. The average Bonchev–Trinajstić information content (AvgIpc) is 3.05. The minimum absolute atomic E-state index is 0. The summed E-state index contributed by atoms with van der Waals surface area (Å²) in [4.78, 5) is 19.1. The van der Waals surface area contributed by atoms with Crippen molar-refractivity contribution in [1.82, 2.24) is 15.2 Å². The standard InChI is InChI=1S/C17H21N3O2S.ClH/c21-15-4-6-18-9-17(15)5-1-7-20(10-17)16(22)12-2-3-13-14(8-12)23-11-19-13;/h2-3,8,11,15,18,21H,1,4-7,9-10H2;1H/t15-,17-;/m0./s1. The number of nitrogens with one attached hydrogen (secondary N) is 1. The summed E-state index contributed by atoms with van der Waals surface area (Å²) >= 11 is 1.56. The number of benzene rings is 1. The number of aliphatic hydroxyl groups excluding tert-OH is 1. The van der Waals surface area contributed by atoms with E-state index in [0.717, 1.165) is 54.7 Å². The Morgan fingerprint density at radius 1 is 1.46 bits per heavy atom. The summed E-state index contributed by atoms with van der Waals surface area (Å²) in [5.74, 6) is 0.0668. The maximum atomic E-state index is 12.9. The van der Waals surface area contributed by atoms with Gasteiger partial charge in [-0.3, -0.25) is 4.79 Å². The molecule has 2 N–H and O–H groups in total. The molecule has 5 nitrogen and oxygen atoms in total. The molecule has 4 rings (SSSR count). The highest BCUT2D eigenvalue weighted by molar-refractivity contribution is 7.16. The first kappa shape index (κ1) is 17.6. The predicted molar refractivity (Wildman–Crippen MR) is 97.9 cm³/mol. The van der Waals surface area contributed by atoms with E-state index >= 15 is 0 Å². The van der Waals surface area contributed by atoms with Gasteiger partial charge in [0.05, 0.1) is 21.8 Å². The lowest BCUT2D eigenvalue weighted by Crippen LogP contribution is -2.58. The van der Waals surface area contributed by atoms with Gasteiger partial charge in [-0.2, -0.15) is 0 Å². The SMILES string of the molecule is Cl.O=C(c1ccc2ncsc2c1)N1CCC[C@]2(CNCC[C@@H]2O)C1. The van der Waals surface area contributed by atoms with Crippen LogP contribution in [0.3, 0.4) is 0 Å². The van der Waals surface area contributed by atoms with E-state index < -0.39 is 0 Å². The van der Waals surface area contributed by atoms with Crippen molar-refractivity contribution in [2.75, 3.05) is 26.2 Å². The van der Waals surface area contributed by atoms with Gasteiger partial charge in [-0.05, 0) is 44.0 Å². The average molecular weight is 368 g/mol. The summed E-state index contributed by atoms with van der Waals surface area (Å²) < 4.78 is 1.04. The van der Waals surface area contributed by atoms with Gasteiger partial charge in [0.15, 0.2) is 0 Å². The molecule has 2 atom stereocenters. The number of fused-ring (bicyclic) bond motifs is 1. The summed E-state index contributed by atoms with van der Waals surface area (Å²) in [5.41, 5.74) is 3.28. The summed E-state index contributed by atoms with van der Waals surface area (Å²) in [6, 6.07) is 5.71. The van der Waals surface area contributed by atoms with Crippen molar-refractivity contribution in [2.24, 2.45) is 5.41 Å². The van der Waals surface area contributed by atoms with E-state index in [-0.39, 0.29) is 29.8 Å². The van der Waals surface area contributed by atoms with Crippen LogP contribution in [0.15, 0.2) is 23.7 Å². The van der Waals surface area contributed by atoms with Gasteiger partial charge in [0.25, 0.3) is 5.91 Å². The van der Waals surface area contributed by atoms with Crippen LogP contribution < -0.4 is 5.32 Å². The van der Waals surface area contributed by atoms with Gasteiger partial charge in [0.2, 0.25) is 0 Å². The van der Waals surface area contributed by atoms with Crippen molar-refractivity contribution in [3.8, 4) is 0 Å². The second kappa shape index (κ2) is 6.96. The number of likely N-dealkylation sites (tertiary alicyclic amines) is 1. The molecular formula is C17H22ClN3O2S. The zero-order chi connectivity index (χ0) is 15.9. The van der Waals surface area contributed by atoms with E-state index in [1.807, 2.05) is 23.1 Å². The Kier molecular flexibility index (Phi) is 5.11. The molecule has 0 saturated carbocycles. The van der Waals surface area contributed by atoms with E-state index in [1.54, 1.807) is 16.8 Å². The first-order valence-electron chi connectivity index (χ1n) is 8.19. The molecule has 0 unspecified atom stereocenters. The molecule has 1 spiro atoms. The van der Waals surface area contributed by atoms with Gasteiger partial charge in [-0.1, -0.05) is 0 Å². The molecule has 2 aromatic rings. The Labute approximate surface area is 151 Å². The van der Waals surface area contributed by atoms with Crippen molar-refractivity contribution in [1.29, 1.82) is 0 Å². The quantitative estimate of drug-likeness (QED) is 0.811. The largest absolute Gasteiger partial charge is 0.392 e. The summed E-state index contributed by atoms with van der Waals surface area (Å²) in [6.45, 7) is 3.07. The van der Waals surface area contributed by atoms with Crippen molar-refractivity contribution in [2.45, 2.75) is 25.4 Å². The highest BCUT2D eigenvalue weighted by atomic mass is 35.5. The third-order valence-electron chi connectivity index (χ3n) is 5.25. The second-order valence-electron chi connectivity index (χ2n) is 6.71. The molecule has 1 aromatic carbocycles. The Hall–Kier alpha value is -1.21. The van der Waals surface area contributed by atoms with Crippen molar-refractivity contribution in [3.05, 3.63) is 29.3 Å². The first-order chi connectivity index (χ1) is 11.2. The van der Waals surface area contributed by atoms with Gasteiger partial charge < -0.3 is 15.3 Å². The zero-order valence-corrected chi connectivity index (χ0v) is 15.0. The van der Waals surface area contributed by atoms with Crippen LogP contribution in [0.1, 0.15) is 29.6 Å². The number of hydrogen-bond donors (Lipinski definition) is 2. The Balaban J connectivity index is 0.00000169. The molecule has 1 aromatic heterocycles. The maximum Gasteiger partial charge on any atom is 0.253 e. The minimum atomic E-state index is -0.316. The van der Waals surface area contributed by atoms with Crippen LogP contribution >= 0.6 is 23.7 Å². The number of halogens is 1. The molecule has 24 heavy (non-hydrogen) atoms. The van der Waals surface area contributed by atoms with E-state index in [0.29, 0.717) is 6.54 Å². The molecule has 2 saturated heterocycles. The van der Waals surface area contributed by atoms with E-state index in [1.165, 1.54) is 0 Å². The predicted octanol–water partition coefficient (Wildman–Crippen LogP) is 2.29. The fraction of sp³-hybridized carbons (Fsp3) is 0.529. The van der Waals surface area contributed by atoms with Gasteiger partial charge >= 0.3 is 0 Å². The van der Waals surface area contributed by atoms with Crippen LogP contribution in [0.4, 0.5) is 0 Å². The van der Waals surface area contributed by atoms with E-state index in [9.17, 15) is 9.90 Å². The molecule has 2 aliphatic rings. The molecule has 0 aliphatic carbocycles. The van der Waals surface area contributed by atoms with Crippen LogP contribution in [-0.4, -0.2) is 53.2 Å². The fourth-order valence-electron chi connectivity index (χ4n) is 3.92. The molecule has 7 heteroatoms. The number of rotatable bonds is 1. The topological polar surface area (TPSA) is 65.5 Å². The van der Waals surface area contributed by atoms with Crippen LogP contribution in [0.25, 0.3) is 10.2 Å². The number of piperidine rings is 2. The zero-order valence-electron chi connectivity index (χ0n) is 13.4. The summed E-state index contributed by atoms with van der Waals surface area (Å²) in [7, 11) is 0. The molecule has 1 amide bonds. The Morgan fingerprint density at radius 2 is 2.33 bits per heavy atom. The highest BCUT2D eigenvalue weighted by Gasteiger charge is 2.44. The van der Waals surface area contributed by atoms with Crippen molar-refractivity contribution < 1.29 is 9.90 Å². The van der Waals surface area contributed by atoms with Gasteiger partial charge in [-0.15, -0.1) is 23.7 Å². The smallest absolute Gasteiger partial charge is 0.253 e. The monoisotopic (exact) mass is 367 g/mol. The van der Waals surface area contributed by atoms with Crippen LogP contribution in [0.2, 0.25) is 0 Å².